The van der Waals surface area contributed by atoms with Crippen LogP contribution >= 0.6 is 0 Å². The first-order chi connectivity index (χ1) is 16.0. The number of hydrazone groups is 1. The normalized spacial score (nSPS) is 24.2. The average Bonchev–Trinajstić information content (AvgIpc) is 3.59. The van der Waals surface area contributed by atoms with Gasteiger partial charge in [-0.25, -0.2) is 14.7 Å². The number of carbonyl (C=O) groups excluding carboxylic acids is 4. The molecule has 2 aromatic heterocycles. The van der Waals surface area contributed by atoms with E-state index in [1.165, 1.54) is 11.3 Å². The second-order valence-electron chi connectivity index (χ2n) is 8.09. The van der Waals surface area contributed by atoms with Crippen molar-refractivity contribution >= 4 is 35.5 Å². The predicted octanol–water partition coefficient (Wildman–Crippen LogP) is 2.81. The van der Waals surface area contributed by atoms with Crippen molar-refractivity contribution in [2.45, 2.75) is 32.2 Å². The fourth-order valence-electron chi connectivity index (χ4n) is 4.67. The topological polar surface area (TPSA) is 117 Å². The van der Waals surface area contributed by atoms with Crippen LogP contribution in [0, 0.1) is 5.92 Å². The van der Waals surface area contributed by atoms with E-state index in [-0.39, 0.29) is 12.5 Å². The van der Waals surface area contributed by atoms with E-state index in [4.69, 9.17) is 8.83 Å². The minimum atomic E-state index is -1.01. The third-order valence-electron chi connectivity index (χ3n) is 6.20. The van der Waals surface area contributed by atoms with Gasteiger partial charge in [-0.3, -0.25) is 19.3 Å². The minimum absolute atomic E-state index is 0.0537. The smallest absolute Gasteiger partial charge is 0.334 e. The second-order valence-corrected chi connectivity index (χ2v) is 8.09. The van der Waals surface area contributed by atoms with Crippen molar-refractivity contribution in [2.24, 2.45) is 11.0 Å². The Balaban J connectivity index is 1.47. The summed E-state index contributed by atoms with van der Waals surface area (Å²) in [4.78, 5) is 51.6. The van der Waals surface area contributed by atoms with E-state index in [0.717, 1.165) is 35.4 Å². The molecule has 170 valence electrons. The highest BCUT2D eigenvalue weighted by atomic mass is 16.3. The van der Waals surface area contributed by atoms with Crippen LogP contribution in [0.2, 0.25) is 0 Å². The summed E-state index contributed by atoms with van der Waals surface area (Å²) >= 11 is 0. The fourth-order valence-corrected chi connectivity index (χ4v) is 4.67. The van der Waals surface area contributed by atoms with E-state index in [9.17, 15) is 19.2 Å². The number of rotatable bonds is 5. The molecule has 2 atom stereocenters. The number of furan rings is 2. The standard InChI is InChI=1S/C23H22N4O6/c1-2-25-21(29)22(30)26(23(25)31)13-18(28)27-20(17-9-5-11-33-17)16-8-3-6-14(19(16)24-27)12-15-7-4-10-32-15/h4-5,7,9-12,16,20H,2-3,6,8,13H2,1H3/b14-12+. The Morgan fingerprint density at radius 1 is 1.12 bits per heavy atom. The lowest BCUT2D eigenvalue weighted by atomic mass is 9.79. The van der Waals surface area contributed by atoms with Crippen LogP contribution in [0.4, 0.5) is 4.79 Å². The lowest BCUT2D eigenvalue weighted by molar-refractivity contribution is -0.145. The maximum Gasteiger partial charge on any atom is 0.334 e. The van der Waals surface area contributed by atoms with Crippen molar-refractivity contribution in [1.82, 2.24) is 14.8 Å². The number of amides is 5. The Hall–Kier alpha value is -3.95. The van der Waals surface area contributed by atoms with Gasteiger partial charge in [0.1, 0.15) is 24.1 Å². The van der Waals surface area contributed by atoms with Gasteiger partial charge in [-0.15, -0.1) is 0 Å². The van der Waals surface area contributed by atoms with Crippen LogP contribution in [0.5, 0.6) is 0 Å². The summed E-state index contributed by atoms with van der Waals surface area (Å²) in [5.41, 5.74) is 1.73. The summed E-state index contributed by atoms with van der Waals surface area (Å²) in [5, 5.41) is 5.93. The number of fused-ring (bicyclic) bond motifs is 1. The fraction of sp³-hybridized carbons (Fsp3) is 0.348. The summed E-state index contributed by atoms with van der Waals surface area (Å²) in [6.07, 6.45) is 7.53. The van der Waals surface area contributed by atoms with Crippen LogP contribution in [0.15, 0.2) is 56.3 Å². The number of hydrogen-bond acceptors (Lipinski definition) is 7. The SMILES string of the molecule is CCN1C(=O)C(=O)N(CC(=O)N2N=C3/C(=C/c4ccco4)CCCC3C2c2ccco2)C1=O. The van der Waals surface area contributed by atoms with Gasteiger partial charge >= 0.3 is 17.8 Å². The Morgan fingerprint density at radius 2 is 1.88 bits per heavy atom. The number of carbonyl (C=O) groups is 4. The molecular weight excluding hydrogens is 428 g/mol. The highest BCUT2D eigenvalue weighted by Gasteiger charge is 2.48. The molecule has 10 heteroatoms. The van der Waals surface area contributed by atoms with Gasteiger partial charge in [0.05, 0.1) is 18.2 Å². The largest absolute Gasteiger partial charge is 0.467 e. The zero-order valence-electron chi connectivity index (χ0n) is 18.0. The van der Waals surface area contributed by atoms with Crippen molar-refractivity contribution < 1.29 is 28.0 Å². The molecule has 33 heavy (non-hydrogen) atoms. The number of urea groups is 1. The molecule has 2 unspecified atom stereocenters. The first-order valence-electron chi connectivity index (χ1n) is 10.8. The highest BCUT2D eigenvalue weighted by Crippen LogP contribution is 2.44. The average molecular weight is 450 g/mol. The van der Waals surface area contributed by atoms with E-state index in [0.29, 0.717) is 16.4 Å². The first-order valence-corrected chi connectivity index (χ1v) is 10.8. The molecule has 4 heterocycles. The third-order valence-corrected chi connectivity index (χ3v) is 6.20. The summed E-state index contributed by atoms with van der Waals surface area (Å²) in [6.45, 7) is 1.07. The molecule has 5 rings (SSSR count). The molecule has 1 saturated carbocycles. The van der Waals surface area contributed by atoms with Crippen molar-refractivity contribution in [3.63, 3.8) is 0 Å². The van der Waals surface area contributed by atoms with Gasteiger partial charge in [-0.1, -0.05) is 0 Å². The molecule has 1 saturated heterocycles. The van der Waals surface area contributed by atoms with E-state index in [2.05, 4.69) is 5.10 Å². The predicted molar refractivity (Wildman–Crippen MR) is 114 cm³/mol. The molecule has 0 aromatic carbocycles. The summed E-state index contributed by atoms with van der Waals surface area (Å²) in [7, 11) is 0. The van der Waals surface area contributed by atoms with Crippen molar-refractivity contribution in [3.05, 3.63) is 53.9 Å². The van der Waals surface area contributed by atoms with Crippen LogP contribution in [0.3, 0.4) is 0 Å². The lowest BCUT2D eigenvalue weighted by Crippen LogP contribution is -2.42. The van der Waals surface area contributed by atoms with Crippen LogP contribution in [0.25, 0.3) is 6.08 Å². The molecule has 0 radical (unpaired) electrons. The highest BCUT2D eigenvalue weighted by molar-refractivity contribution is 6.45. The lowest BCUT2D eigenvalue weighted by Gasteiger charge is -2.28. The molecule has 0 bridgehead atoms. The number of nitrogens with zero attached hydrogens (tertiary/aromatic N) is 4. The Kier molecular flexibility index (Phi) is 5.20. The Bertz CT molecular complexity index is 1160. The molecule has 5 amide bonds. The second kappa shape index (κ2) is 8.19. The van der Waals surface area contributed by atoms with E-state index >= 15 is 0 Å². The van der Waals surface area contributed by atoms with Gasteiger partial charge < -0.3 is 8.83 Å². The molecule has 2 aliphatic heterocycles. The van der Waals surface area contributed by atoms with Crippen molar-refractivity contribution in [2.75, 3.05) is 13.1 Å². The molecular formula is C23H22N4O6. The van der Waals surface area contributed by atoms with E-state index in [1.807, 2.05) is 12.1 Å². The van der Waals surface area contributed by atoms with Crippen molar-refractivity contribution in [1.29, 1.82) is 0 Å². The summed E-state index contributed by atoms with van der Waals surface area (Å²) in [5.74, 6) is -1.34. The molecule has 1 aliphatic carbocycles. The zero-order valence-corrected chi connectivity index (χ0v) is 18.0. The monoisotopic (exact) mass is 450 g/mol. The Labute approximate surface area is 189 Å². The molecule has 3 aliphatic rings. The van der Waals surface area contributed by atoms with Gasteiger partial charge in [0.15, 0.2) is 0 Å². The quantitative estimate of drug-likeness (QED) is 0.511. The Morgan fingerprint density at radius 3 is 2.55 bits per heavy atom. The maximum absolute atomic E-state index is 13.3. The number of allylic oxidation sites excluding steroid dienone is 1. The van der Waals surface area contributed by atoms with Crippen LogP contribution in [-0.4, -0.2) is 57.4 Å². The third kappa shape index (κ3) is 3.47. The zero-order chi connectivity index (χ0) is 23.1. The van der Waals surface area contributed by atoms with Gasteiger partial charge in [0, 0.05) is 12.5 Å². The number of likely N-dealkylation sites (N-methyl/N-ethyl adjacent to an activating group) is 1. The molecule has 2 fully saturated rings. The van der Waals surface area contributed by atoms with E-state index < -0.39 is 36.3 Å². The number of imide groups is 2. The minimum Gasteiger partial charge on any atom is -0.467 e. The molecule has 0 spiro atoms. The molecule has 0 N–H and O–H groups in total. The van der Waals surface area contributed by atoms with Crippen molar-refractivity contribution in [3.8, 4) is 0 Å². The van der Waals surface area contributed by atoms with E-state index in [1.54, 1.807) is 31.4 Å². The van der Waals surface area contributed by atoms with Crippen LogP contribution in [-0.2, 0) is 14.4 Å². The summed E-state index contributed by atoms with van der Waals surface area (Å²) < 4.78 is 11.1. The molecule has 2 aromatic rings. The van der Waals surface area contributed by atoms with Crippen LogP contribution < -0.4 is 0 Å². The molecule has 10 nitrogen and oxygen atoms in total. The van der Waals surface area contributed by atoms with Gasteiger partial charge in [-0.05, 0) is 62.1 Å². The maximum atomic E-state index is 13.3. The first kappa shape index (κ1) is 20.9. The summed E-state index contributed by atoms with van der Waals surface area (Å²) in [6, 6.07) is 5.87. The van der Waals surface area contributed by atoms with Crippen LogP contribution in [0.1, 0.15) is 43.7 Å². The van der Waals surface area contributed by atoms with Gasteiger partial charge in [-0.2, -0.15) is 5.10 Å². The van der Waals surface area contributed by atoms with Gasteiger partial charge in [0.25, 0.3) is 5.91 Å². The van der Waals surface area contributed by atoms with Gasteiger partial charge in [0.2, 0.25) is 0 Å². The number of hydrogen-bond donors (Lipinski definition) is 0.